The van der Waals surface area contributed by atoms with Crippen molar-refractivity contribution in [2.75, 3.05) is 40.9 Å². The molecule has 0 bridgehead atoms. The summed E-state index contributed by atoms with van der Waals surface area (Å²) in [6.07, 6.45) is 97.3. The quantitative estimate of drug-likeness (QED) is 0.0243. The Balaban J connectivity index is 4.18. The molecule has 3 N–H and O–H groups in total. The first kappa shape index (κ1) is 80.6. The normalized spacial score (nSPS) is 14.5. The highest BCUT2D eigenvalue weighted by molar-refractivity contribution is 7.47. The standard InChI is InChI=1S/C75H131N2O6P/c1-6-8-10-12-14-16-18-20-22-24-26-28-30-32-33-34-35-36-37-38-39-40-41-42-43-45-47-49-51-53-55-57-59-61-63-65-67-69-75(79)76-73(72-83-84(80,81)82-71-70-77(3,4)5)74(78)68-66-64-62-60-58-56-54-52-50-48-46-44-31-29-27-25-23-21-19-17-15-13-11-9-7-2/h8,10,14,16,20,22,26,28,32-33,35-36,38-39,41-42,45,47,58,60,66,68,73-74,78H,6-7,9,11-13,15,17-19,21,23-25,27,29-31,34,37,40,43-44,46,48-57,59,61-65,67,69-72H2,1-5H3,(H-,76,79,80,81)/p+1/b10-8-,16-14-,22-20-,28-26-,33-32-,36-35-,39-38-,42-41-,47-45-,60-58+,68-66+. The molecule has 84 heavy (non-hydrogen) atoms. The molecule has 0 fully saturated rings. The lowest BCUT2D eigenvalue weighted by Gasteiger charge is -2.25. The van der Waals surface area contributed by atoms with Gasteiger partial charge in [0.15, 0.2) is 0 Å². The van der Waals surface area contributed by atoms with Crippen LogP contribution >= 0.6 is 7.82 Å². The summed E-state index contributed by atoms with van der Waals surface area (Å²) in [6.45, 7) is 4.69. The molecule has 0 radical (unpaired) electrons. The number of hydrogen-bond acceptors (Lipinski definition) is 5. The molecule has 0 saturated heterocycles. The van der Waals surface area contributed by atoms with Crippen LogP contribution in [0.1, 0.15) is 284 Å². The number of likely N-dealkylation sites (N-methyl/N-ethyl adjacent to an activating group) is 1. The lowest BCUT2D eigenvalue weighted by atomic mass is 10.0. The van der Waals surface area contributed by atoms with Gasteiger partial charge in [0.05, 0.1) is 39.9 Å². The second kappa shape index (κ2) is 64.1. The number of aliphatic hydroxyl groups excluding tert-OH is 1. The van der Waals surface area contributed by atoms with Crippen LogP contribution in [-0.2, 0) is 18.4 Å². The zero-order valence-electron chi connectivity index (χ0n) is 55.1. The number of phosphoric ester groups is 1. The summed E-state index contributed by atoms with van der Waals surface area (Å²) in [5, 5.41) is 14.0. The molecule has 9 heteroatoms. The van der Waals surface area contributed by atoms with E-state index in [1.54, 1.807) is 6.08 Å². The topological polar surface area (TPSA) is 105 Å². The number of rotatable bonds is 62. The maximum absolute atomic E-state index is 13.0. The second-order valence-electron chi connectivity index (χ2n) is 24.2. The Labute approximate surface area is 519 Å². The predicted molar refractivity (Wildman–Crippen MR) is 368 cm³/mol. The van der Waals surface area contributed by atoms with Gasteiger partial charge in [0.2, 0.25) is 5.91 Å². The Bertz CT molecular complexity index is 1830. The van der Waals surface area contributed by atoms with Gasteiger partial charge in [-0.25, -0.2) is 4.57 Å². The lowest BCUT2D eigenvalue weighted by Crippen LogP contribution is -2.45. The number of hydrogen-bond donors (Lipinski definition) is 3. The van der Waals surface area contributed by atoms with Crippen LogP contribution in [0.5, 0.6) is 0 Å². The molecule has 0 aliphatic carbocycles. The maximum atomic E-state index is 13.0. The van der Waals surface area contributed by atoms with Crippen molar-refractivity contribution in [3.05, 3.63) is 134 Å². The molecule has 8 nitrogen and oxygen atoms in total. The number of aliphatic hydroxyl groups is 1. The van der Waals surface area contributed by atoms with E-state index in [2.05, 4.69) is 141 Å². The van der Waals surface area contributed by atoms with Crippen molar-refractivity contribution in [2.45, 2.75) is 296 Å². The summed E-state index contributed by atoms with van der Waals surface area (Å²) < 4.78 is 23.8. The minimum absolute atomic E-state index is 0.0489. The molecular weight excluding hydrogens is 1060 g/mol. The monoisotopic (exact) mass is 1190 g/mol. The third kappa shape index (κ3) is 66.2. The van der Waals surface area contributed by atoms with Crippen molar-refractivity contribution >= 4 is 13.7 Å². The largest absolute Gasteiger partial charge is 0.472 e. The number of phosphoric acid groups is 1. The predicted octanol–water partition coefficient (Wildman–Crippen LogP) is 22.2. The van der Waals surface area contributed by atoms with E-state index in [9.17, 15) is 19.4 Å². The average molecular weight is 1190 g/mol. The van der Waals surface area contributed by atoms with Gasteiger partial charge in [0, 0.05) is 6.42 Å². The highest BCUT2D eigenvalue weighted by atomic mass is 31.2. The van der Waals surface area contributed by atoms with E-state index in [1.165, 1.54) is 161 Å². The van der Waals surface area contributed by atoms with Crippen LogP contribution in [-0.4, -0.2) is 73.4 Å². The molecule has 0 aromatic heterocycles. The van der Waals surface area contributed by atoms with Gasteiger partial charge in [-0.05, 0) is 103 Å². The molecule has 0 heterocycles. The SMILES string of the molecule is CC/C=C\C/C=C\C/C=C\C/C=C\C/C=C\C/C=C\C/C=C\C/C=C\C/C=C\CCCCCCCCCCCC(=O)NC(COP(=O)(O)OCC[N+](C)(C)C)C(O)/C=C/CC/C=C/CCCCCCCCCCCCCCCCCCCCC. The van der Waals surface area contributed by atoms with Gasteiger partial charge in [0.1, 0.15) is 13.2 Å². The molecule has 0 rings (SSSR count). The number of quaternary nitrogens is 1. The minimum Gasteiger partial charge on any atom is -0.387 e. The van der Waals surface area contributed by atoms with Crippen LogP contribution in [0.3, 0.4) is 0 Å². The average Bonchev–Trinajstić information content (AvgIpc) is 3.56. The first-order valence-electron chi connectivity index (χ1n) is 34.6. The molecule has 0 saturated carbocycles. The van der Waals surface area contributed by atoms with Crippen molar-refractivity contribution in [2.24, 2.45) is 0 Å². The molecule has 0 spiro atoms. The summed E-state index contributed by atoms with van der Waals surface area (Å²) in [7, 11) is 1.54. The summed E-state index contributed by atoms with van der Waals surface area (Å²) >= 11 is 0. The molecular formula is C75H132N2O6P+. The molecule has 482 valence electrons. The number of carbonyl (C=O) groups excluding carboxylic acids is 1. The van der Waals surface area contributed by atoms with Crippen LogP contribution in [0.4, 0.5) is 0 Å². The third-order valence-corrected chi connectivity index (χ3v) is 15.8. The van der Waals surface area contributed by atoms with Gasteiger partial charge in [-0.1, -0.05) is 308 Å². The van der Waals surface area contributed by atoms with Gasteiger partial charge in [-0.15, -0.1) is 0 Å². The van der Waals surface area contributed by atoms with Crippen LogP contribution in [0.15, 0.2) is 134 Å². The Morgan fingerprint density at radius 2 is 0.726 bits per heavy atom. The smallest absolute Gasteiger partial charge is 0.387 e. The van der Waals surface area contributed by atoms with E-state index in [1.807, 2.05) is 27.2 Å². The Morgan fingerprint density at radius 3 is 1.10 bits per heavy atom. The number of nitrogens with zero attached hydrogens (tertiary/aromatic N) is 1. The van der Waals surface area contributed by atoms with Crippen LogP contribution in [0.2, 0.25) is 0 Å². The first-order chi connectivity index (χ1) is 41.0. The van der Waals surface area contributed by atoms with Gasteiger partial charge >= 0.3 is 7.82 Å². The van der Waals surface area contributed by atoms with Crippen LogP contribution in [0, 0.1) is 0 Å². The number of nitrogens with one attached hydrogen (secondary N) is 1. The molecule has 0 aromatic rings. The van der Waals surface area contributed by atoms with Crippen LogP contribution < -0.4 is 5.32 Å². The highest BCUT2D eigenvalue weighted by Crippen LogP contribution is 2.43. The van der Waals surface area contributed by atoms with Crippen molar-refractivity contribution in [3.8, 4) is 0 Å². The van der Waals surface area contributed by atoms with E-state index in [0.717, 1.165) is 103 Å². The van der Waals surface area contributed by atoms with Crippen LogP contribution in [0.25, 0.3) is 0 Å². The second-order valence-corrected chi connectivity index (χ2v) is 25.6. The maximum Gasteiger partial charge on any atom is 0.472 e. The molecule has 0 aliphatic heterocycles. The van der Waals surface area contributed by atoms with E-state index in [4.69, 9.17) is 9.05 Å². The summed E-state index contributed by atoms with van der Waals surface area (Å²) in [4.78, 5) is 23.4. The van der Waals surface area contributed by atoms with Gasteiger partial charge in [-0.2, -0.15) is 0 Å². The molecule has 3 unspecified atom stereocenters. The van der Waals surface area contributed by atoms with E-state index < -0.39 is 20.0 Å². The fourth-order valence-corrected chi connectivity index (χ4v) is 10.3. The molecule has 3 atom stereocenters. The first-order valence-corrected chi connectivity index (χ1v) is 36.1. The Hall–Kier alpha value is -3.36. The number of amides is 1. The van der Waals surface area contributed by atoms with Crippen molar-refractivity contribution in [3.63, 3.8) is 0 Å². The van der Waals surface area contributed by atoms with E-state index >= 15 is 0 Å². The summed E-state index contributed by atoms with van der Waals surface area (Å²) in [5.74, 6) is -0.196. The fourth-order valence-electron chi connectivity index (χ4n) is 9.52. The molecule has 0 aromatic carbocycles. The number of carbonyl (C=O) groups is 1. The van der Waals surface area contributed by atoms with Crippen molar-refractivity contribution in [1.82, 2.24) is 5.32 Å². The number of allylic oxidation sites excluding steroid dienone is 21. The molecule has 0 aliphatic rings. The summed E-state index contributed by atoms with van der Waals surface area (Å²) in [6, 6.07) is -0.878. The Morgan fingerprint density at radius 1 is 0.417 bits per heavy atom. The highest BCUT2D eigenvalue weighted by Gasteiger charge is 2.28. The molecule has 1 amide bonds. The van der Waals surface area contributed by atoms with E-state index in [0.29, 0.717) is 17.4 Å². The zero-order valence-corrected chi connectivity index (χ0v) is 56.0. The van der Waals surface area contributed by atoms with Gasteiger partial charge in [-0.3, -0.25) is 13.8 Å². The van der Waals surface area contributed by atoms with Crippen molar-refractivity contribution < 1.29 is 32.9 Å². The Kier molecular flexibility index (Phi) is 61.6. The third-order valence-electron chi connectivity index (χ3n) is 14.9. The lowest BCUT2D eigenvalue weighted by molar-refractivity contribution is -0.870. The zero-order chi connectivity index (χ0) is 61.2. The minimum atomic E-state index is -4.37. The van der Waals surface area contributed by atoms with Gasteiger partial charge < -0.3 is 19.8 Å². The van der Waals surface area contributed by atoms with Gasteiger partial charge in [0.25, 0.3) is 0 Å². The summed E-state index contributed by atoms with van der Waals surface area (Å²) in [5.41, 5.74) is 0. The fraction of sp³-hybridized carbons (Fsp3) is 0.693. The number of unbranched alkanes of at least 4 members (excludes halogenated alkanes) is 29. The van der Waals surface area contributed by atoms with Crippen molar-refractivity contribution in [1.29, 1.82) is 0 Å². The van der Waals surface area contributed by atoms with E-state index in [-0.39, 0.29) is 19.1 Å².